The molecule has 0 radical (unpaired) electrons. The summed E-state index contributed by atoms with van der Waals surface area (Å²) in [6.45, 7) is 1.84. The zero-order valence-corrected chi connectivity index (χ0v) is 10.8. The molecule has 0 bridgehead atoms. The first-order valence-corrected chi connectivity index (χ1v) is 5.83. The minimum atomic E-state index is -0.591. The Kier molecular flexibility index (Phi) is 3.48. The second-order valence-electron chi connectivity index (χ2n) is 4.10. The van der Waals surface area contributed by atoms with Crippen molar-refractivity contribution in [2.45, 2.75) is 13.3 Å². The maximum absolute atomic E-state index is 13.6. The highest BCUT2D eigenvalue weighted by Crippen LogP contribution is 2.21. The zero-order chi connectivity index (χ0) is 13.3. The Balaban J connectivity index is 2.30. The summed E-state index contributed by atoms with van der Waals surface area (Å²) in [6, 6.07) is 6.01. The molecule has 0 aliphatic carbocycles. The highest BCUT2D eigenvalue weighted by atomic mass is 35.5. The van der Waals surface area contributed by atoms with E-state index < -0.39 is 5.82 Å². The van der Waals surface area contributed by atoms with Crippen molar-refractivity contribution in [1.29, 1.82) is 0 Å². The van der Waals surface area contributed by atoms with Crippen molar-refractivity contribution in [3.05, 3.63) is 52.1 Å². The maximum atomic E-state index is 13.6. The van der Waals surface area contributed by atoms with Crippen LogP contribution in [-0.4, -0.2) is 15.6 Å². The number of aryl methyl sites for hydroxylation is 2. The van der Waals surface area contributed by atoms with Crippen molar-refractivity contribution in [1.82, 2.24) is 9.78 Å². The van der Waals surface area contributed by atoms with Gasteiger partial charge in [-0.25, -0.2) is 4.39 Å². The maximum Gasteiger partial charge on any atom is 0.173 e. The highest BCUT2D eigenvalue weighted by Gasteiger charge is 2.17. The normalized spacial score (nSPS) is 10.7. The number of carbonyl (C=O) groups is 1. The molecule has 2 aromatic rings. The van der Waals surface area contributed by atoms with Gasteiger partial charge < -0.3 is 0 Å². The molecular formula is C13H12ClFN2O. The summed E-state index contributed by atoms with van der Waals surface area (Å²) in [5, 5.41) is 4.28. The molecule has 1 aromatic carbocycles. The van der Waals surface area contributed by atoms with E-state index in [2.05, 4.69) is 5.10 Å². The summed E-state index contributed by atoms with van der Waals surface area (Å²) >= 11 is 5.85. The van der Waals surface area contributed by atoms with Gasteiger partial charge >= 0.3 is 0 Å². The summed E-state index contributed by atoms with van der Waals surface area (Å²) in [5.41, 5.74) is 1.50. The van der Waals surface area contributed by atoms with E-state index in [1.165, 1.54) is 18.2 Å². The van der Waals surface area contributed by atoms with Gasteiger partial charge in [-0.05, 0) is 25.1 Å². The Labute approximate surface area is 109 Å². The van der Waals surface area contributed by atoms with Gasteiger partial charge in [0.25, 0.3) is 0 Å². The summed E-state index contributed by atoms with van der Waals surface area (Å²) in [6.07, 6.45) is 0.0813. The molecule has 0 aliphatic heterocycles. The van der Waals surface area contributed by atoms with Crippen molar-refractivity contribution in [3.8, 4) is 0 Å². The Hall–Kier alpha value is -1.68. The second kappa shape index (κ2) is 4.90. The Morgan fingerprint density at radius 3 is 2.78 bits per heavy atom. The molecule has 0 fully saturated rings. The van der Waals surface area contributed by atoms with Crippen molar-refractivity contribution >= 4 is 17.4 Å². The minimum absolute atomic E-state index is 0.0574. The van der Waals surface area contributed by atoms with Crippen LogP contribution in [0.2, 0.25) is 5.02 Å². The molecule has 0 atom stereocenters. The first-order valence-electron chi connectivity index (χ1n) is 5.45. The predicted molar refractivity (Wildman–Crippen MR) is 67.4 cm³/mol. The van der Waals surface area contributed by atoms with Crippen molar-refractivity contribution in [2.75, 3.05) is 0 Å². The third kappa shape index (κ3) is 2.43. The number of halogens is 2. The van der Waals surface area contributed by atoms with Gasteiger partial charge in [-0.3, -0.25) is 9.48 Å². The van der Waals surface area contributed by atoms with Gasteiger partial charge in [0, 0.05) is 12.7 Å². The Bertz CT molecular complexity index is 587. The second-order valence-corrected chi connectivity index (χ2v) is 4.50. The number of hydrogen-bond donors (Lipinski definition) is 0. The molecule has 0 unspecified atom stereocenters. The van der Waals surface area contributed by atoms with E-state index in [1.54, 1.807) is 17.8 Å². The molecule has 3 nitrogen and oxygen atoms in total. The van der Waals surface area contributed by atoms with Crippen molar-refractivity contribution in [3.63, 3.8) is 0 Å². The van der Waals surface area contributed by atoms with E-state index >= 15 is 0 Å². The van der Waals surface area contributed by atoms with Gasteiger partial charge in [-0.1, -0.05) is 17.7 Å². The smallest absolute Gasteiger partial charge is 0.173 e. The number of aromatic nitrogens is 2. The lowest BCUT2D eigenvalue weighted by molar-refractivity contribution is 0.0987. The van der Waals surface area contributed by atoms with Crippen LogP contribution in [0.3, 0.4) is 0 Å². The summed E-state index contributed by atoms with van der Waals surface area (Å²) in [4.78, 5) is 12.1. The molecule has 0 saturated carbocycles. The summed E-state index contributed by atoms with van der Waals surface area (Å²) < 4.78 is 15.2. The van der Waals surface area contributed by atoms with Gasteiger partial charge in [-0.2, -0.15) is 5.10 Å². The largest absolute Gasteiger partial charge is 0.294 e. The van der Waals surface area contributed by atoms with Crippen LogP contribution in [0.4, 0.5) is 4.39 Å². The van der Waals surface area contributed by atoms with Crippen LogP contribution in [0.1, 0.15) is 21.7 Å². The molecule has 0 aliphatic rings. The van der Waals surface area contributed by atoms with Gasteiger partial charge in [-0.15, -0.1) is 0 Å². The fourth-order valence-electron chi connectivity index (χ4n) is 1.85. The average molecular weight is 267 g/mol. The number of hydrogen-bond acceptors (Lipinski definition) is 2. The van der Waals surface area contributed by atoms with E-state index in [-0.39, 0.29) is 22.8 Å². The standard InChI is InChI=1S/C13H12ClFN2O/c1-8-6-9(17(2)16-8)7-12(18)13-10(14)4-3-5-11(13)15/h3-6H,7H2,1-2H3. The van der Waals surface area contributed by atoms with Gasteiger partial charge in [0.15, 0.2) is 5.78 Å². The monoisotopic (exact) mass is 266 g/mol. The summed E-state index contributed by atoms with van der Waals surface area (Å²) in [7, 11) is 1.75. The first-order chi connectivity index (χ1) is 8.49. The number of rotatable bonds is 3. The quantitative estimate of drug-likeness (QED) is 0.801. The fourth-order valence-corrected chi connectivity index (χ4v) is 2.12. The van der Waals surface area contributed by atoms with E-state index in [0.29, 0.717) is 0 Å². The molecule has 5 heteroatoms. The Morgan fingerprint density at radius 2 is 2.22 bits per heavy atom. The van der Waals surface area contributed by atoms with E-state index in [4.69, 9.17) is 11.6 Å². The molecule has 0 saturated heterocycles. The number of Topliss-reactive ketones (excluding diaryl/α,β-unsaturated/α-hetero) is 1. The number of ketones is 1. The molecule has 94 valence electrons. The van der Waals surface area contributed by atoms with Crippen LogP contribution >= 0.6 is 11.6 Å². The van der Waals surface area contributed by atoms with Crippen LogP contribution in [0.15, 0.2) is 24.3 Å². The lowest BCUT2D eigenvalue weighted by Gasteiger charge is -2.05. The van der Waals surface area contributed by atoms with Crippen LogP contribution in [-0.2, 0) is 13.5 Å². The molecule has 0 spiro atoms. The van der Waals surface area contributed by atoms with E-state index in [1.807, 2.05) is 6.92 Å². The fraction of sp³-hybridized carbons (Fsp3) is 0.231. The minimum Gasteiger partial charge on any atom is -0.294 e. The number of carbonyl (C=O) groups excluding carboxylic acids is 1. The molecule has 1 aromatic heterocycles. The lowest BCUT2D eigenvalue weighted by Crippen LogP contribution is -2.10. The Morgan fingerprint density at radius 1 is 1.50 bits per heavy atom. The molecule has 18 heavy (non-hydrogen) atoms. The number of benzene rings is 1. The molecule has 2 rings (SSSR count). The zero-order valence-electron chi connectivity index (χ0n) is 10.1. The molecular weight excluding hydrogens is 255 g/mol. The van der Waals surface area contributed by atoms with E-state index in [0.717, 1.165) is 11.4 Å². The third-order valence-electron chi connectivity index (χ3n) is 2.68. The predicted octanol–water partition coefficient (Wildman–Crippen LogP) is 2.95. The molecule has 0 N–H and O–H groups in total. The summed E-state index contributed by atoms with van der Waals surface area (Å²) in [5.74, 6) is -0.938. The topological polar surface area (TPSA) is 34.9 Å². The average Bonchev–Trinajstić information content (AvgIpc) is 2.57. The van der Waals surface area contributed by atoms with Gasteiger partial charge in [0.05, 0.1) is 22.7 Å². The van der Waals surface area contributed by atoms with Gasteiger partial charge in [0.1, 0.15) is 5.82 Å². The van der Waals surface area contributed by atoms with Crippen LogP contribution in [0.5, 0.6) is 0 Å². The first kappa shape index (κ1) is 12.8. The van der Waals surface area contributed by atoms with Crippen LogP contribution < -0.4 is 0 Å². The van der Waals surface area contributed by atoms with Crippen LogP contribution in [0.25, 0.3) is 0 Å². The molecule has 1 heterocycles. The van der Waals surface area contributed by atoms with E-state index in [9.17, 15) is 9.18 Å². The van der Waals surface area contributed by atoms with Crippen molar-refractivity contribution in [2.24, 2.45) is 7.05 Å². The van der Waals surface area contributed by atoms with Crippen LogP contribution in [0, 0.1) is 12.7 Å². The van der Waals surface area contributed by atoms with Gasteiger partial charge in [0.2, 0.25) is 0 Å². The highest BCUT2D eigenvalue weighted by molar-refractivity contribution is 6.34. The SMILES string of the molecule is Cc1cc(CC(=O)c2c(F)cccc2Cl)n(C)n1. The third-order valence-corrected chi connectivity index (χ3v) is 3.00. The number of nitrogens with zero attached hydrogens (tertiary/aromatic N) is 2. The molecule has 0 amide bonds. The lowest BCUT2D eigenvalue weighted by atomic mass is 10.1. The van der Waals surface area contributed by atoms with Crippen molar-refractivity contribution < 1.29 is 9.18 Å².